The number of amides is 1. The van der Waals surface area contributed by atoms with E-state index in [0.717, 1.165) is 0 Å². The summed E-state index contributed by atoms with van der Waals surface area (Å²) in [7, 11) is 3.26. The van der Waals surface area contributed by atoms with Crippen molar-refractivity contribution in [1.82, 2.24) is 4.90 Å². The summed E-state index contributed by atoms with van der Waals surface area (Å²) in [5.41, 5.74) is 5.44. The summed E-state index contributed by atoms with van der Waals surface area (Å²) >= 11 is 0. The molecule has 0 radical (unpaired) electrons. The number of methoxy groups -OCH3 is 2. The number of hydrogen-bond acceptors (Lipinski definition) is 5. The Kier molecular flexibility index (Phi) is 5.41. The minimum absolute atomic E-state index is 0.0498. The second-order valence-corrected chi connectivity index (χ2v) is 5.01. The summed E-state index contributed by atoms with van der Waals surface area (Å²) in [5, 5.41) is 0. The van der Waals surface area contributed by atoms with E-state index in [0.29, 0.717) is 37.6 Å². The molecule has 0 aliphatic carbocycles. The van der Waals surface area contributed by atoms with Crippen LogP contribution in [0, 0.1) is 0 Å². The normalized spacial score (nSPS) is 22.2. The third-order valence-corrected chi connectivity index (χ3v) is 3.73. The molecule has 1 aliphatic rings. The van der Waals surface area contributed by atoms with E-state index in [1.165, 1.54) is 0 Å². The Morgan fingerprint density at radius 2 is 2.05 bits per heavy atom. The van der Waals surface area contributed by atoms with Gasteiger partial charge in [0.25, 0.3) is 0 Å². The standard InChI is InChI=1S/C15H22N2O4/c1-19-11-9-12(15(16)18)17(10-11)7-8-21-14-6-4-3-5-13(14)20-2/h3-6,11-12H,7-10H2,1-2H3,(H2,16,18)/t11-,12-/m0/s1. The van der Waals surface area contributed by atoms with Crippen molar-refractivity contribution in [3.05, 3.63) is 24.3 Å². The van der Waals surface area contributed by atoms with E-state index < -0.39 is 0 Å². The van der Waals surface area contributed by atoms with E-state index in [-0.39, 0.29) is 18.1 Å². The highest BCUT2D eigenvalue weighted by Gasteiger charge is 2.35. The molecular weight excluding hydrogens is 272 g/mol. The quantitative estimate of drug-likeness (QED) is 0.799. The van der Waals surface area contributed by atoms with Crippen LogP contribution in [0.4, 0.5) is 0 Å². The Labute approximate surface area is 124 Å². The number of likely N-dealkylation sites (tertiary alicyclic amines) is 1. The van der Waals surface area contributed by atoms with Crippen molar-refractivity contribution in [1.29, 1.82) is 0 Å². The van der Waals surface area contributed by atoms with Crippen LogP contribution >= 0.6 is 0 Å². The molecule has 1 aromatic rings. The highest BCUT2D eigenvalue weighted by atomic mass is 16.5. The third-order valence-electron chi connectivity index (χ3n) is 3.73. The van der Waals surface area contributed by atoms with Gasteiger partial charge in [0.15, 0.2) is 11.5 Å². The van der Waals surface area contributed by atoms with E-state index in [1.54, 1.807) is 14.2 Å². The monoisotopic (exact) mass is 294 g/mol. The number of nitrogens with two attached hydrogens (primary N) is 1. The van der Waals surface area contributed by atoms with Gasteiger partial charge in [0.1, 0.15) is 6.61 Å². The number of carbonyl (C=O) groups is 1. The van der Waals surface area contributed by atoms with Gasteiger partial charge in [-0.1, -0.05) is 12.1 Å². The van der Waals surface area contributed by atoms with Crippen LogP contribution in [0.15, 0.2) is 24.3 Å². The Morgan fingerprint density at radius 1 is 1.33 bits per heavy atom. The van der Waals surface area contributed by atoms with Crippen LogP contribution in [-0.2, 0) is 9.53 Å². The van der Waals surface area contributed by atoms with Crippen molar-refractivity contribution in [2.75, 3.05) is 33.9 Å². The smallest absolute Gasteiger partial charge is 0.234 e. The molecule has 1 heterocycles. The first-order chi connectivity index (χ1) is 10.2. The molecule has 0 spiro atoms. The number of benzene rings is 1. The van der Waals surface area contributed by atoms with E-state index in [4.69, 9.17) is 19.9 Å². The van der Waals surface area contributed by atoms with E-state index in [2.05, 4.69) is 0 Å². The lowest BCUT2D eigenvalue weighted by molar-refractivity contribution is -0.122. The Bertz CT molecular complexity index is 480. The van der Waals surface area contributed by atoms with Gasteiger partial charge in [0.05, 0.1) is 19.3 Å². The van der Waals surface area contributed by atoms with Crippen molar-refractivity contribution >= 4 is 5.91 Å². The summed E-state index contributed by atoms with van der Waals surface area (Å²) in [6.07, 6.45) is 0.689. The summed E-state index contributed by atoms with van der Waals surface area (Å²) in [6.45, 7) is 1.77. The molecule has 0 aromatic heterocycles. The van der Waals surface area contributed by atoms with Crippen molar-refractivity contribution in [3.8, 4) is 11.5 Å². The number of para-hydroxylation sites is 2. The van der Waals surface area contributed by atoms with Gasteiger partial charge in [-0.25, -0.2) is 0 Å². The zero-order valence-corrected chi connectivity index (χ0v) is 12.5. The third kappa shape index (κ3) is 3.86. The molecule has 2 N–H and O–H groups in total. The first kappa shape index (κ1) is 15.6. The highest BCUT2D eigenvalue weighted by Crippen LogP contribution is 2.26. The fraction of sp³-hybridized carbons (Fsp3) is 0.533. The zero-order chi connectivity index (χ0) is 15.2. The minimum Gasteiger partial charge on any atom is -0.493 e. The first-order valence-electron chi connectivity index (χ1n) is 6.97. The average molecular weight is 294 g/mol. The number of rotatable bonds is 7. The average Bonchev–Trinajstić information content (AvgIpc) is 2.91. The van der Waals surface area contributed by atoms with Crippen LogP contribution in [-0.4, -0.2) is 56.9 Å². The molecule has 1 saturated heterocycles. The molecule has 0 unspecified atom stereocenters. The van der Waals surface area contributed by atoms with Crippen molar-refractivity contribution in [2.45, 2.75) is 18.6 Å². The van der Waals surface area contributed by atoms with Gasteiger partial charge in [0, 0.05) is 20.2 Å². The molecule has 1 aromatic carbocycles. The lowest BCUT2D eigenvalue weighted by Crippen LogP contribution is -2.42. The summed E-state index contributed by atoms with van der Waals surface area (Å²) in [5.74, 6) is 1.07. The van der Waals surface area contributed by atoms with Gasteiger partial charge in [-0.05, 0) is 18.6 Å². The van der Waals surface area contributed by atoms with Crippen LogP contribution in [0.3, 0.4) is 0 Å². The Morgan fingerprint density at radius 3 is 2.67 bits per heavy atom. The first-order valence-corrected chi connectivity index (χ1v) is 6.97. The Balaban J connectivity index is 1.88. The lowest BCUT2D eigenvalue weighted by atomic mass is 10.2. The van der Waals surface area contributed by atoms with E-state index >= 15 is 0 Å². The molecule has 0 bridgehead atoms. The topological polar surface area (TPSA) is 74.0 Å². The van der Waals surface area contributed by atoms with Gasteiger partial charge in [0.2, 0.25) is 5.91 Å². The number of ether oxygens (including phenoxy) is 3. The SMILES string of the molecule is COc1ccccc1OCCN1C[C@@H](OC)C[C@H]1C(N)=O. The molecule has 6 heteroatoms. The molecular formula is C15H22N2O4. The van der Waals surface area contributed by atoms with Gasteiger partial charge < -0.3 is 19.9 Å². The molecule has 116 valence electrons. The van der Waals surface area contributed by atoms with Gasteiger partial charge in [-0.3, -0.25) is 9.69 Å². The fourth-order valence-electron chi connectivity index (χ4n) is 2.59. The maximum Gasteiger partial charge on any atom is 0.234 e. The van der Waals surface area contributed by atoms with Crippen LogP contribution in [0.25, 0.3) is 0 Å². The van der Waals surface area contributed by atoms with E-state index in [1.807, 2.05) is 29.2 Å². The Hall–Kier alpha value is -1.79. The van der Waals surface area contributed by atoms with Crippen LogP contribution in [0.1, 0.15) is 6.42 Å². The van der Waals surface area contributed by atoms with Crippen LogP contribution in [0.5, 0.6) is 11.5 Å². The minimum atomic E-state index is -0.313. The molecule has 1 aliphatic heterocycles. The number of carbonyl (C=O) groups excluding carboxylic acids is 1. The molecule has 6 nitrogen and oxygen atoms in total. The summed E-state index contributed by atoms with van der Waals surface area (Å²) in [4.78, 5) is 13.5. The van der Waals surface area contributed by atoms with Gasteiger partial charge >= 0.3 is 0 Å². The second-order valence-electron chi connectivity index (χ2n) is 5.01. The number of primary amides is 1. The molecule has 21 heavy (non-hydrogen) atoms. The molecule has 2 atom stereocenters. The molecule has 1 fully saturated rings. The van der Waals surface area contributed by atoms with Crippen molar-refractivity contribution in [2.24, 2.45) is 5.73 Å². The number of nitrogens with zero attached hydrogens (tertiary/aromatic N) is 1. The van der Waals surface area contributed by atoms with Gasteiger partial charge in [-0.15, -0.1) is 0 Å². The van der Waals surface area contributed by atoms with Crippen LogP contribution < -0.4 is 15.2 Å². The lowest BCUT2D eigenvalue weighted by Gasteiger charge is -2.21. The van der Waals surface area contributed by atoms with Gasteiger partial charge in [-0.2, -0.15) is 0 Å². The van der Waals surface area contributed by atoms with Crippen LogP contribution in [0.2, 0.25) is 0 Å². The maximum absolute atomic E-state index is 11.5. The van der Waals surface area contributed by atoms with E-state index in [9.17, 15) is 4.79 Å². The van der Waals surface area contributed by atoms with Crippen molar-refractivity contribution in [3.63, 3.8) is 0 Å². The largest absolute Gasteiger partial charge is 0.493 e. The molecule has 0 saturated carbocycles. The fourth-order valence-corrected chi connectivity index (χ4v) is 2.59. The number of hydrogen-bond donors (Lipinski definition) is 1. The van der Waals surface area contributed by atoms with Crippen molar-refractivity contribution < 1.29 is 19.0 Å². The summed E-state index contributed by atoms with van der Waals surface area (Å²) < 4.78 is 16.3. The maximum atomic E-state index is 11.5. The second kappa shape index (κ2) is 7.28. The predicted molar refractivity (Wildman–Crippen MR) is 78.5 cm³/mol. The summed E-state index contributed by atoms with van der Waals surface area (Å²) in [6, 6.07) is 7.19. The highest BCUT2D eigenvalue weighted by molar-refractivity contribution is 5.80. The molecule has 1 amide bonds. The molecule has 2 rings (SSSR count). The predicted octanol–water partition coefficient (Wildman–Crippen LogP) is 0.649. The zero-order valence-electron chi connectivity index (χ0n) is 12.5.